The van der Waals surface area contributed by atoms with E-state index in [0.717, 1.165) is 51.4 Å². The molecule has 0 aromatic heterocycles. The summed E-state index contributed by atoms with van der Waals surface area (Å²) >= 11 is 0. The number of unbranched alkanes of at least 4 members (excludes halogenated alkanes) is 19. The van der Waals surface area contributed by atoms with Crippen LogP contribution in [0.2, 0.25) is 0 Å². The van der Waals surface area contributed by atoms with Crippen LogP contribution in [0.25, 0.3) is 0 Å². The maximum atomic E-state index is 12.8. The Hall–Kier alpha value is -2.97. The van der Waals surface area contributed by atoms with Gasteiger partial charge in [-0.1, -0.05) is 177 Å². The molecule has 0 aliphatic heterocycles. The van der Waals surface area contributed by atoms with E-state index in [2.05, 4.69) is 68.5 Å². The fourth-order valence-corrected chi connectivity index (χ4v) is 6.90. The SMILES string of the molecule is CC/C=C/C/C=C/C/C=C/CCCCCCCCCCCCCCCC(=O)OC(COCCC(C(=O)[O-])[N+](C)(C)C)COC(=O)CC/C=C/C/C=C/CCCCCCCC. The van der Waals surface area contributed by atoms with Gasteiger partial charge in [0, 0.05) is 19.3 Å². The molecule has 2 unspecified atom stereocenters. The molecule has 0 N–H and O–H groups in total. The molecule has 0 rings (SSSR count). The summed E-state index contributed by atoms with van der Waals surface area (Å²) in [6.07, 6.45) is 52.7. The van der Waals surface area contributed by atoms with Crippen molar-refractivity contribution in [2.45, 2.75) is 212 Å². The standard InChI is InChI=1S/C52H91NO7/c1-6-8-10-12-14-16-18-20-21-22-23-24-25-26-27-28-29-31-33-35-37-39-41-43-51(55)60-48(46-58-45-44-49(52(56)57)53(3,4)5)47-59-50(54)42-40-38-36-34-32-30-19-17-15-13-11-9-7-2/h8,10,14,16,20-21,30,32,36,38,48-49H,6-7,9,11-13,15,17-19,22-29,31,33-35,37,39-47H2,1-5H3/b10-8+,16-14+,21-20+,32-30+,38-36+. The molecular formula is C52H91NO7. The highest BCUT2D eigenvalue weighted by Gasteiger charge is 2.25. The lowest BCUT2D eigenvalue weighted by Crippen LogP contribution is -2.55. The van der Waals surface area contributed by atoms with Gasteiger partial charge in [0.25, 0.3) is 0 Å². The first kappa shape index (κ1) is 57.0. The number of esters is 2. The van der Waals surface area contributed by atoms with Crippen LogP contribution >= 0.6 is 0 Å². The van der Waals surface area contributed by atoms with E-state index in [9.17, 15) is 19.5 Å². The molecule has 60 heavy (non-hydrogen) atoms. The quantitative estimate of drug-likeness (QED) is 0.0261. The van der Waals surface area contributed by atoms with E-state index < -0.39 is 18.1 Å². The van der Waals surface area contributed by atoms with Crippen molar-refractivity contribution < 1.29 is 38.2 Å². The highest BCUT2D eigenvalue weighted by Crippen LogP contribution is 2.15. The molecule has 0 aliphatic carbocycles. The monoisotopic (exact) mass is 842 g/mol. The largest absolute Gasteiger partial charge is 0.544 e. The van der Waals surface area contributed by atoms with Crippen LogP contribution < -0.4 is 5.11 Å². The smallest absolute Gasteiger partial charge is 0.306 e. The summed E-state index contributed by atoms with van der Waals surface area (Å²) in [5, 5.41) is 11.6. The Kier molecular flexibility index (Phi) is 40.6. The van der Waals surface area contributed by atoms with Gasteiger partial charge in [0.15, 0.2) is 6.10 Å². The van der Waals surface area contributed by atoms with Crippen molar-refractivity contribution >= 4 is 17.9 Å². The number of aliphatic carboxylic acids is 1. The van der Waals surface area contributed by atoms with Crippen molar-refractivity contribution in [1.29, 1.82) is 0 Å². The van der Waals surface area contributed by atoms with Gasteiger partial charge >= 0.3 is 11.9 Å². The average molecular weight is 842 g/mol. The number of allylic oxidation sites excluding steroid dienone is 10. The van der Waals surface area contributed by atoms with E-state index in [1.807, 2.05) is 6.08 Å². The maximum absolute atomic E-state index is 12.8. The van der Waals surface area contributed by atoms with Crippen LogP contribution in [-0.4, -0.2) is 75.5 Å². The minimum atomic E-state index is -1.13. The molecule has 0 amide bonds. The van der Waals surface area contributed by atoms with Crippen LogP contribution in [0.4, 0.5) is 0 Å². The van der Waals surface area contributed by atoms with Crippen molar-refractivity contribution in [2.24, 2.45) is 0 Å². The summed E-state index contributed by atoms with van der Waals surface area (Å²) in [6, 6.07) is -0.734. The Morgan fingerprint density at radius 2 is 0.967 bits per heavy atom. The number of hydrogen-bond donors (Lipinski definition) is 0. The molecule has 0 fully saturated rings. The van der Waals surface area contributed by atoms with E-state index in [4.69, 9.17) is 14.2 Å². The van der Waals surface area contributed by atoms with Gasteiger partial charge in [-0.15, -0.1) is 0 Å². The first-order chi connectivity index (χ1) is 29.1. The van der Waals surface area contributed by atoms with Gasteiger partial charge < -0.3 is 28.6 Å². The predicted molar refractivity (Wildman–Crippen MR) is 249 cm³/mol. The van der Waals surface area contributed by atoms with Gasteiger partial charge in [-0.25, -0.2) is 0 Å². The average Bonchev–Trinajstić information content (AvgIpc) is 3.21. The summed E-state index contributed by atoms with van der Waals surface area (Å²) in [4.78, 5) is 36.9. The second-order valence-electron chi connectivity index (χ2n) is 17.3. The summed E-state index contributed by atoms with van der Waals surface area (Å²) in [5.74, 6) is -1.82. The molecule has 2 atom stereocenters. The molecule has 0 spiro atoms. The Morgan fingerprint density at radius 1 is 0.517 bits per heavy atom. The van der Waals surface area contributed by atoms with Crippen LogP contribution in [0.15, 0.2) is 60.8 Å². The number of carboxylic acid groups (broad SMARTS) is 1. The van der Waals surface area contributed by atoms with Gasteiger partial charge in [-0.2, -0.15) is 0 Å². The highest BCUT2D eigenvalue weighted by atomic mass is 16.6. The molecule has 8 nitrogen and oxygen atoms in total. The lowest BCUT2D eigenvalue weighted by atomic mass is 10.0. The number of hydrogen-bond acceptors (Lipinski definition) is 7. The molecule has 0 radical (unpaired) electrons. The van der Waals surface area contributed by atoms with Crippen molar-refractivity contribution in [3.63, 3.8) is 0 Å². The van der Waals surface area contributed by atoms with Crippen molar-refractivity contribution in [3.05, 3.63) is 60.8 Å². The molecule has 0 bridgehead atoms. The third-order valence-electron chi connectivity index (χ3n) is 10.7. The second kappa shape index (κ2) is 42.7. The first-order valence-corrected chi connectivity index (χ1v) is 24.3. The van der Waals surface area contributed by atoms with Crippen LogP contribution in [-0.2, 0) is 28.6 Å². The minimum Gasteiger partial charge on any atom is -0.544 e. The number of carboxylic acids is 1. The number of likely N-dealkylation sites (N-methyl/N-ethyl adjacent to an activating group) is 1. The molecule has 8 heteroatoms. The topological polar surface area (TPSA) is 102 Å². The third-order valence-corrected chi connectivity index (χ3v) is 10.7. The lowest BCUT2D eigenvalue weighted by molar-refractivity contribution is -0.889. The zero-order chi connectivity index (χ0) is 44.2. The van der Waals surface area contributed by atoms with Gasteiger partial charge in [0.2, 0.25) is 0 Å². The second-order valence-corrected chi connectivity index (χ2v) is 17.3. The minimum absolute atomic E-state index is 0.0225. The molecule has 0 aromatic rings. The van der Waals surface area contributed by atoms with Crippen LogP contribution in [0.1, 0.15) is 200 Å². The van der Waals surface area contributed by atoms with E-state index in [-0.39, 0.29) is 49.1 Å². The third kappa shape index (κ3) is 40.4. The number of nitrogens with zero attached hydrogens (tertiary/aromatic N) is 1. The Morgan fingerprint density at radius 3 is 1.45 bits per heavy atom. The Balaban J connectivity index is 4.26. The summed E-state index contributed by atoms with van der Waals surface area (Å²) in [6.45, 7) is 4.49. The van der Waals surface area contributed by atoms with Crippen LogP contribution in [0.5, 0.6) is 0 Å². The van der Waals surface area contributed by atoms with Crippen molar-refractivity contribution in [2.75, 3.05) is 41.0 Å². The summed E-state index contributed by atoms with van der Waals surface area (Å²) < 4.78 is 17.1. The number of ether oxygens (including phenoxy) is 3. The molecule has 0 aromatic carbocycles. The maximum Gasteiger partial charge on any atom is 0.306 e. The molecular weight excluding hydrogens is 751 g/mol. The Labute approximate surface area is 368 Å². The van der Waals surface area contributed by atoms with E-state index >= 15 is 0 Å². The van der Waals surface area contributed by atoms with Gasteiger partial charge in [-0.05, 0) is 64.2 Å². The molecule has 0 aliphatic rings. The zero-order valence-corrected chi connectivity index (χ0v) is 39.4. The summed E-state index contributed by atoms with van der Waals surface area (Å²) in [5.41, 5.74) is 0. The number of carbonyl (C=O) groups is 3. The van der Waals surface area contributed by atoms with Gasteiger partial charge in [0.1, 0.15) is 12.6 Å². The number of carbonyl (C=O) groups excluding carboxylic acids is 3. The van der Waals surface area contributed by atoms with E-state index in [1.165, 1.54) is 109 Å². The normalized spacial score (nSPS) is 13.4. The molecule has 0 heterocycles. The molecule has 0 saturated carbocycles. The van der Waals surface area contributed by atoms with E-state index in [1.54, 1.807) is 21.1 Å². The van der Waals surface area contributed by atoms with Gasteiger partial charge in [-0.3, -0.25) is 9.59 Å². The number of quaternary nitrogens is 1. The first-order valence-electron chi connectivity index (χ1n) is 24.3. The zero-order valence-electron chi connectivity index (χ0n) is 39.4. The van der Waals surface area contributed by atoms with Crippen molar-refractivity contribution in [3.8, 4) is 0 Å². The molecule has 0 saturated heterocycles. The summed E-state index contributed by atoms with van der Waals surface area (Å²) in [7, 11) is 5.39. The molecule has 346 valence electrons. The fraction of sp³-hybridized carbons (Fsp3) is 0.750. The van der Waals surface area contributed by atoms with Crippen LogP contribution in [0.3, 0.4) is 0 Å². The fourth-order valence-electron chi connectivity index (χ4n) is 6.90. The lowest BCUT2D eigenvalue weighted by Gasteiger charge is -2.34. The van der Waals surface area contributed by atoms with Crippen molar-refractivity contribution in [1.82, 2.24) is 0 Å². The van der Waals surface area contributed by atoms with E-state index in [0.29, 0.717) is 12.8 Å². The predicted octanol–water partition coefficient (Wildman–Crippen LogP) is 12.4. The van der Waals surface area contributed by atoms with Gasteiger partial charge in [0.05, 0.1) is 40.3 Å². The van der Waals surface area contributed by atoms with Crippen LogP contribution in [0, 0.1) is 0 Å². The number of rotatable bonds is 43. The Bertz CT molecular complexity index is 1170. The highest BCUT2D eigenvalue weighted by molar-refractivity contribution is 5.70.